The second-order valence-corrected chi connectivity index (χ2v) is 5.27. The third kappa shape index (κ3) is 1.84. The van der Waals surface area contributed by atoms with Gasteiger partial charge in [-0.2, -0.15) is 0 Å². The fourth-order valence-corrected chi connectivity index (χ4v) is 2.88. The van der Waals surface area contributed by atoms with E-state index in [9.17, 15) is 5.11 Å². The summed E-state index contributed by atoms with van der Waals surface area (Å²) in [5, 5.41) is 11.2. The van der Waals surface area contributed by atoms with Gasteiger partial charge in [0.15, 0.2) is 5.60 Å². The molecule has 4 rings (SSSR count). The molecule has 1 aliphatic rings. The molecule has 0 amide bonds. The number of pyridine rings is 1. The zero-order chi connectivity index (χ0) is 15.0. The van der Waals surface area contributed by atoms with Gasteiger partial charge in [0, 0.05) is 28.5 Å². The Bertz CT molecular complexity index is 858. The minimum absolute atomic E-state index is 0.750. The minimum Gasteiger partial charge on any atom is -0.369 e. The Hall–Kier alpha value is -2.89. The Morgan fingerprint density at radius 2 is 1.55 bits per heavy atom. The third-order valence-corrected chi connectivity index (χ3v) is 3.93. The molecule has 3 aromatic rings. The van der Waals surface area contributed by atoms with Crippen molar-refractivity contribution in [3.8, 4) is 23.1 Å². The van der Waals surface area contributed by atoms with Gasteiger partial charge in [-0.1, -0.05) is 60.4 Å². The molecule has 22 heavy (non-hydrogen) atoms. The first-order valence-corrected chi connectivity index (χ1v) is 7.15. The zero-order valence-electron chi connectivity index (χ0n) is 11.8. The van der Waals surface area contributed by atoms with Crippen LogP contribution >= 0.6 is 0 Å². The number of aromatic nitrogens is 1. The second kappa shape index (κ2) is 4.84. The number of rotatable bonds is 0. The maximum absolute atomic E-state index is 11.2. The van der Waals surface area contributed by atoms with Gasteiger partial charge in [0.1, 0.15) is 0 Å². The van der Waals surface area contributed by atoms with Crippen molar-refractivity contribution in [2.75, 3.05) is 0 Å². The number of hydrogen-bond acceptors (Lipinski definition) is 2. The van der Waals surface area contributed by atoms with Crippen molar-refractivity contribution >= 4 is 0 Å². The van der Waals surface area contributed by atoms with Crippen molar-refractivity contribution in [3.63, 3.8) is 0 Å². The molecule has 2 aromatic carbocycles. The zero-order valence-corrected chi connectivity index (χ0v) is 11.8. The summed E-state index contributed by atoms with van der Waals surface area (Å²) >= 11 is 0. The molecule has 0 bridgehead atoms. The molecule has 104 valence electrons. The smallest absolute Gasteiger partial charge is 0.180 e. The van der Waals surface area contributed by atoms with Crippen LogP contribution in [-0.4, -0.2) is 10.1 Å². The molecule has 1 aliphatic carbocycles. The largest absolute Gasteiger partial charge is 0.369 e. The predicted octanol–water partition coefficient (Wildman–Crippen LogP) is 3.35. The van der Waals surface area contributed by atoms with E-state index in [1.807, 2.05) is 66.7 Å². The van der Waals surface area contributed by atoms with Crippen LogP contribution in [0.5, 0.6) is 0 Å². The van der Waals surface area contributed by atoms with E-state index in [1.165, 1.54) is 0 Å². The Balaban J connectivity index is 1.93. The van der Waals surface area contributed by atoms with Gasteiger partial charge >= 0.3 is 0 Å². The molecule has 0 radical (unpaired) electrons. The quantitative estimate of drug-likeness (QED) is 0.642. The number of nitrogens with zero attached hydrogens (tertiary/aromatic N) is 1. The fraction of sp³-hybridized carbons (Fsp3) is 0.0500. The van der Waals surface area contributed by atoms with Crippen LogP contribution in [0, 0.1) is 11.8 Å². The predicted molar refractivity (Wildman–Crippen MR) is 86.0 cm³/mol. The lowest BCUT2D eigenvalue weighted by molar-refractivity contribution is 0.150. The van der Waals surface area contributed by atoms with Crippen molar-refractivity contribution in [2.45, 2.75) is 5.60 Å². The van der Waals surface area contributed by atoms with E-state index in [4.69, 9.17) is 0 Å². The third-order valence-electron chi connectivity index (χ3n) is 3.93. The van der Waals surface area contributed by atoms with Crippen LogP contribution in [0.1, 0.15) is 16.7 Å². The summed E-state index contributed by atoms with van der Waals surface area (Å²) in [6.07, 6.45) is 1.74. The standard InChI is InChI=1S/C20H13NO/c22-20(13-12-15-7-2-1-3-8-15)17-10-5-4-9-16(17)19-18(20)11-6-14-21-19/h1-11,14,22H/t20-/m1/s1. The van der Waals surface area contributed by atoms with Gasteiger partial charge in [0.25, 0.3) is 0 Å². The van der Waals surface area contributed by atoms with Crippen LogP contribution in [-0.2, 0) is 5.60 Å². The van der Waals surface area contributed by atoms with Crippen molar-refractivity contribution in [2.24, 2.45) is 0 Å². The highest BCUT2D eigenvalue weighted by Gasteiger charge is 2.41. The van der Waals surface area contributed by atoms with Crippen molar-refractivity contribution < 1.29 is 5.11 Å². The van der Waals surface area contributed by atoms with E-state index in [0.717, 1.165) is 27.9 Å². The molecule has 2 heteroatoms. The summed E-state index contributed by atoms with van der Waals surface area (Å²) in [5.41, 5.74) is 2.87. The summed E-state index contributed by atoms with van der Waals surface area (Å²) in [5.74, 6) is 6.13. The van der Waals surface area contributed by atoms with E-state index in [0.29, 0.717) is 0 Å². The number of benzene rings is 2. The first kappa shape index (κ1) is 12.8. The van der Waals surface area contributed by atoms with Gasteiger partial charge in [0.2, 0.25) is 0 Å². The summed E-state index contributed by atoms with van der Waals surface area (Å²) < 4.78 is 0. The minimum atomic E-state index is -1.31. The van der Waals surface area contributed by atoms with E-state index in [1.54, 1.807) is 6.20 Å². The summed E-state index contributed by atoms with van der Waals surface area (Å²) in [7, 11) is 0. The van der Waals surface area contributed by atoms with Gasteiger partial charge in [0.05, 0.1) is 5.69 Å². The van der Waals surface area contributed by atoms with E-state index >= 15 is 0 Å². The Labute approximate surface area is 129 Å². The molecular formula is C20H13NO. The number of hydrogen-bond donors (Lipinski definition) is 1. The highest BCUT2D eigenvalue weighted by molar-refractivity contribution is 5.79. The lowest BCUT2D eigenvalue weighted by atomic mass is 9.92. The van der Waals surface area contributed by atoms with E-state index in [-0.39, 0.29) is 0 Å². The summed E-state index contributed by atoms with van der Waals surface area (Å²) in [6.45, 7) is 0. The Morgan fingerprint density at radius 3 is 2.41 bits per heavy atom. The number of aliphatic hydroxyl groups is 1. The maximum Gasteiger partial charge on any atom is 0.180 e. The highest BCUT2D eigenvalue weighted by Crippen LogP contribution is 2.45. The fourth-order valence-electron chi connectivity index (χ4n) is 2.88. The molecular weight excluding hydrogens is 270 g/mol. The molecule has 1 atom stereocenters. The monoisotopic (exact) mass is 283 g/mol. The lowest BCUT2D eigenvalue weighted by Crippen LogP contribution is -2.22. The van der Waals surface area contributed by atoms with Crippen LogP contribution in [0.15, 0.2) is 72.9 Å². The first-order valence-electron chi connectivity index (χ1n) is 7.15. The van der Waals surface area contributed by atoms with Gasteiger partial charge in [-0.15, -0.1) is 0 Å². The van der Waals surface area contributed by atoms with Crippen LogP contribution in [0.3, 0.4) is 0 Å². The van der Waals surface area contributed by atoms with Gasteiger partial charge < -0.3 is 5.11 Å². The van der Waals surface area contributed by atoms with E-state index in [2.05, 4.69) is 16.8 Å². The molecule has 0 unspecified atom stereocenters. The molecule has 1 N–H and O–H groups in total. The normalized spacial score (nSPS) is 18.0. The van der Waals surface area contributed by atoms with Crippen LogP contribution in [0.4, 0.5) is 0 Å². The average molecular weight is 283 g/mol. The van der Waals surface area contributed by atoms with Gasteiger partial charge in [-0.25, -0.2) is 0 Å². The summed E-state index contributed by atoms with van der Waals surface area (Å²) in [4.78, 5) is 4.42. The molecule has 0 fully saturated rings. The van der Waals surface area contributed by atoms with Gasteiger partial charge in [-0.05, 0) is 18.2 Å². The SMILES string of the molecule is O[C@]1(C#Cc2ccccc2)c2ccccc2-c2ncccc21. The second-order valence-electron chi connectivity index (χ2n) is 5.27. The van der Waals surface area contributed by atoms with Crippen molar-refractivity contribution in [1.82, 2.24) is 4.98 Å². The Kier molecular flexibility index (Phi) is 2.82. The molecule has 0 spiro atoms. The van der Waals surface area contributed by atoms with Gasteiger partial charge in [-0.3, -0.25) is 4.98 Å². The van der Waals surface area contributed by atoms with Crippen LogP contribution < -0.4 is 0 Å². The van der Waals surface area contributed by atoms with Crippen molar-refractivity contribution in [1.29, 1.82) is 0 Å². The molecule has 0 saturated carbocycles. The molecule has 2 nitrogen and oxygen atoms in total. The average Bonchev–Trinajstić information content (AvgIpc) is 2.85. The molecule has 0 aliphatic heterocycles. The molecule has 1 aromatic heterocycles. The maximum atomic E-state index is 11.2. The highest BCUT2D eigenvalue weighted by atomic mass is 16.3. The first-order chi connectivity index (χ1) is 10.8. The molecule has 0 saturated heterocycles. The van der Waals surface area contributed by atoms with Crippen LogP contribution in [0.25, 0.3) is 11.3 Å². The van der Waals surface area contributed by atoms with Crippen molar-refractivity contribution in [3.05, 3.63) is 89.6 Å². The Morgan fingerprint density at radius 1 is 0.818 bits per heavy atom. The molecule has 1 heterocycles. The van der Waals surface area contributed by atoms with Crippen LogP contribution in [0.2, 0.25) is 0 Å². The lowest BCUT2D eigenvalue weighted by Gasteiger charge is -2.18. The number of fused-ring (bicyclic) bond motifs is 3. The topological polar surface area (TPSA) is 33.1 Å². The van der Waals surface area contributed by atoms with E-state index < -0.39 is 5.60 Å². The summed E-state index contributed by atoms with van der Waals surface area (Å²) in [6, 6.07) is 21.2.